The van der Waals surface area contributed by atoms with E-state index >= 15 is 0 Å². The molecule has 18 heavy (non-hydrogen) atoms. The van der Waals surface area contributed by atoms with Crippen molar-refractivity contribution in [2.75, 3.05) is 6.61 Å². The largest absolute Gasteiger partial charge is 0.466 e. The second-order valence-electron chi connectivity index (χ2n) is 3.74. The molecule has 0 spiro atoms. The van der Waals surface area contributed by atoms with E-state index in [1.807, 2.05) is 0 Å². The number of alkyl halides is 3. The van der Waals surface area contributed by atoms with Crippen molar-refractivity contribution in [2.45, 2.75) is 25.6 Å². The zero-order chi connectivity index (χ0) is 13.8. The van der Waals surface area contributed by atoms with Crippen molar-refractivity contribution < 1.29 is 22.7 Å². The lowest BCUT2D eigenvalue weighted by Crippen LogP contribution is -2.17. The number of hydrogen-bond donors (Lipinski definition) is 1. The Kier molecular flexibility index (Phi) is 4.72. The van der Waals surface area contributed by atoms with Gasteiger partial charge >= 0.3 is 12.1 Å². The molecule has 0 radical (unpaired) electrons. The molecular weight excluding hydrogens is 247 g/mol. The summed E-state index contributed by atoms with van der Waals surface area (Å²) in [6.45, 7) is 1.92. The van der Waals surface area contributed by atoms with Crippen LogP contribution < -0.4 is 5.73 Å². The number of ether oxygens (including phenoxy) is 1. The van der Waals surface area contributed by atoms with Crippen molar-refractivity contribution in [3.8, 4) is 0 Å². The molecule has 0 saturated heterocycles. The van der Waals surface area contributed by atoms with E-state index in [0.717, 1.165) is 12.1 Å². The average molecular weight is 261 g/mol. The number of rotatable bonds is 4. The van der Waals surface area contributed by atoms with Gasteiger partial charge in [0.05, 0.1) is 18.6 Å². The standard InChI is InChI=1S/C12H14F3NO2/c1-2-18-11(17)7-10(16)8-3-5-9(6-4-8)12(13,14)15/h3-6,10H,2,7,16H2,1H3/t10-/m1/s1. The summed E-state index contributed by atoms with van der Waals surface area (Å²) in [6.07, 6.45) is -4.43. The molecule has 0 aliphatic rings. The maximum Gasteiger partial charge on any atom is 0.416 e. The van der Waals surface area contributed by atoms with Crippen molar-refractivity contribution in [1.29, 1.82) is 0 Å². The number of esters is 1. The summed E-state index contributed by atoms with van der Waals surface area (Å²) in [5.41, 5.74) is 5.43. The van der Waals surface area contributed by atoms with Crippen molar-refractivity contribution in [3.63, 3.8) is 0 Å². The Hall–Kier alpha value is -1.56. The molecule has 1 rings (SSSR count). The third kappa shape index (κ3) is 4.03. The zero-order valence-electron chi connectivity index (χ0n) is 9.83. The van der Waals surface area contributed by atoms with Gasteiger partial charge in [0.1, 0.15) is 0 Å². The molecule has 0 amide bonds. The van der Waals surface area contributed by atoms with Crippen molar-refractivity contribution >= 4 is 5.97 Å². The number of benzene rings is 1. The van der Waals surface area contributed by atoms with Crippen LogP contribution in [-0.2, 0) is 15.7 Å². The van der Waals surface area contributed by atoms with E-state index in [2.05, 4.69) is 0 Å². The molecule has 0 unspecified atom stereocenters. The van der Waals surface area contributed by atoms with Crippen LogP contribution in [0.5, 0.6) is 0 Å². The van der Waals surface area contributed by atoms with E-state index in [1.54, 1.807) is 6.92 Å². The molecule has 2 N–H and O–H groups in total. The van der Waals surface area contributed by atoms with Crippen LogP contribution in [0.25, 0.3) is 0 Å². The van der Waals surface area contributed by atoms with Crippen LogP contribution in [0.3, 0.4) is 0 Å². The lowest BCUT2D eigenvalue weighted by molar-refractivity contribution is -0.143. The van der Waals surface area contributed by atoms with Gasteiger partial charge < -0.3 is 10.5 Å². The van der Waals surface area contributed by atoms with Crippen molar-refractivity contribution in [2.24, 2.45) is 5.73 Å². The number of hydrogen-bond acceptors (Lipinski definition) is 3. The summed E-state index contributed by atoms with van der Waals surface area (Å²) in [5.74, 6) is -0.468. The van der Waals surface area contributed by atoms with Gasteiger partial charge in [-0.3, -0.25) is 4.79 Å². The van der Waals surface area contributed by atoms with Crippen LogP contribution in [0.2, 0.25) is 0 Å². The van der Waals surface area contributed by atoms with E-state index in [-0.39, 0.29) is 13.0 Å². The first-order chi connectivity index (χ1) is 8.34. The highest BCUT2D eigenvalue weighted by molar-refractivity contribution is 5.70. The predicted octanol–water partition coefficient (Wildman–Crippen LogP) is 2.66. The second kappa shape index (κ2) is 5.86. The molecule has 1 aromatic rings. The van der Waals surface area contributed by atoms with Gasteiger partial charge in [-0.15, -0.1) is 0 Å². The molecule has 0 fully saturated rings. The summed E-state index contributed by atoms with van der Waals surface area (Å²) in [4.78, 5) is 11.2. The minimum atomic E-state index is -4.37. The van der Waals surface area contributed by atoms with Crippen molar-refractivity contribution in [1.82, 2.24) is 0 Å². The average Bonchev–Trinajstić information content (AvgIpc) is 2.28. The highest BCUT2D eigenvalue weighted by atomic mass is 19.4. The van der Waals surface area contributed by atoms with E-state index in [9.17, 15) is 18.0 Å². The molecule has 3 nitrogen and oxygen atoms in total. The van der Waals surface area contributed by atoms with Gasteiger partial charge in [0, 0.05) is 6.04 Å². The smallest absolute Gasteiger partial charge is 0.416 e. The van der Waals surface area contributed by atoms with Crippen LogP contribution >= 0.6 is 0 Å². The first-order valence-corrected chi connectivity index (χ1v) is 5.43. The number of halogens is 3. The number of carbonyl (C=O) groups excluding carboxylic acids is 1. The minimum Gasteiger partial charge on any atom is -0.466 e. The summed E-state index contributed by atoms with van der Waals surface area (Å²) in [7, 11) is 0. The Labute approximate surface area is 103 Å². The fourth-order valence-corrected chi connectivity index (χ4v) is 1.44. The maximum absolute atomic E-state index is 12.3. The Balaban J connectivity index is 2.70. The van der Waals surface area contributed by atoms with E-state index in [4.69, 9.17) is 10.5 Å². The van der Waals surface area contributed by atoms with Crippen LogP contribution in [0, 0.1) is 0 Å². The molecule has 0 aliphatic carbocycles. The summed E-state index contributed by atoms with van der Waals surface area (Å²) in [6, 6.07) is 3.77. The zero-order valence-corrected chi connectivity index (χ0v) is 9.83. The number of carbonyl (C=O) groups is 1. The summed E-state index contributed by atoms with van der Waals surface area (Å²) < 4.78 is 41.7. The van der Waals surface area contributed by atoms with Gasteiger partial charge in [0.25, 0.3) is 0 Å². The monoisotopic (exact) mass is 261 g/mol. The van der Waals surface area contributed by atoms with Crippen molar-refractivity contribution in [3.05, 3.63) is 35.4 Å². The Bertz CT molecular complexity index is 401. The van der Waals surface area contributed by atoms with Crippen LogP contribution in [0.4, 0.5) is 13.2 Å². The van der Waals surface area contributed by atoms with Gasteiger partial charge in [-0.1, -0.05) is 12.1 Å². The second-order valence-corrected chi connectivity index (χ2v) is 3.74. The first-order valence-electron chi connectivity index (χ1n) is 5.43. The molecule has 1 aromatic carbocycles. The summed E-state index contributed by atoms with van der Waals surface area (Å²) >= 11 is 0. The highest BCUT2D eigenvalue weighted by Crippen LogP contribution is 2.30. The van der Waals surface area contributed by atoms with Crippen LogP contribution in [0.1, 0.15) is 30.5 Å². The molecule has 0 bridgehead atoms. The molecule has 0 aromatic heterocycles. The molecular formula is C12H14F3NO2. The van der Waals surface area contributed by atoms with Gasteiger partial charge in [-0.05, 0) is 24.6 Å². The SMILES string of the molecule is CCOC(=O)C[C@@H](N)c1ccc(C(F)(F)F)cc1. The maximum atomic E-state index is 12.3. The fraction of sp³-hybridized carbons (Fsp3) is 0.417. The molecule has 0 heterocycles. The summed E-state index contributed by atoms with van der Waals surface area (Å²) in [5, 5.41) is 0. The van der Waals surface area contributed by atoms with E-state index < -0.39 is 23.8 Å². The lowest BCUT2D eigenvalue weighted by Gasteiger charge is -2.12. The normalized spacial score (nSPS) is 13.2. The van der Waals surface area contributed by atoms with Crippen LogP contribution in [-0.4, -0.2) is 12.6 Å². The van der Waals surface area contributed by atoms with Gasteiger partial charge in [0.2, 0.25) is 0 Å². The lowest BCUT2D eigenvalue weighted by atomic mass is 10.0. The van der Waals surface area contributed by atoms with Gasteiger partial charge in [0.15, 0.2) is 0 Å². The molecule has 100 valence electrons. The third-order valence-electron chi connectivity index (χ3n) is 2.36. The Morgan fingerprint density at radius 2 is 1.89 bits per heavy atom. The Morgan fingerprint density at radius 1 is 1.33 bits per heavy atom. The first kappa shape index (κ1) is 14.5. The van der Waals surface area contributed by atoms with E-state index in [0.29, 0.717) is 5.56 Å². The highest BCUT2D eigenvalue weighted by Gasteiger charge is 2.30. The molecule has 1 atom stereocenters. The number of nitrogens with two attached hydrogens (primary N) is 1. The van der Waals surface area contributed by atoms with E-state index in [1.165, 1.54) is 12.1 Å². The fourth-order valence-electron chi connectivity index (χ4n) is 1.44. The Morgan fingerprint density at radius 3 is 2.33 bits per heavy atom. The molecule has 6 heteroatoms. The molecule has 0 aliphatic heterocycles. The predicted molar refractivity (Wildman–Crippen MR) is 59.6 cm³/mol. The third-order valence-corrected chi connectivity index (χ3v) is 2.36. The molecule has 0 saturated carbocycles. The van der Waals surface area contributed by atoms with Crippen LogP contribution in [0.15, 0.2) is 24.3 Å². The van der Waals surface area contributed by atoms with Gasteiger partial charge in [-0.25, -0.2) is 0 Å². The topological polar surface area (TPSA) is 52.3 Å². The quantitative estimate of drug-likeness (QED) is 0.848. The van der Waals surface area contributed by atoms with Gasteiger partial charge in [-0.2, -0.15) is 13.2 Å². The minimum absolute atomic E-state index is 0.0563.